The normalized spacial score (nSPS) is 11.3. The van der Waals surface area contributed by atoms with Crippen LogP contribution in [0.1, 0.15) is 24.0 Å². The molecule has 0 saturated carbocycles. The zero-order valence-corrected chi connectivity index (χ0v) is 14.1. The predicted molar refractivity (Wildman–Crippen MR) is 94.0 cm³/mol. The van der Waals surface area contributed by atoms with Gasteiger partial charge in [0.1, 0.15) is 11.5 Å². The Kier molecular flexibility index (Phi) is 5.46. The number of carbonyl (C=O) groups excluding carboxylic acids is 1. The van der Waals surface area contributed by atoms with Gasteiger partial charge in [-0.1, -0.05) is 24.3 Å². The molecule has 128 valence electrons. The van der Waals surface area contributed by atoms with Crippen molar-refractivity contribution in [2.24, 2.45) is 5.73 Å². The Morgan fingerprint density at radius 1 is 0.958 bits per heavy atom. The van der Waals surface area contributed by atoms with Crippen LogP contribution in [0.25, 0.3) is 0 Å². The van der Waals surface area contributed by atoms with Crippen molar-refractivity contribution in [3.63, 3.8) is 0 Å². The number of rotatable bonds is 6. The first kappa shape index (κ1) is 17.8. The third-order valence-corrected chi connectivity index (χ3v) is 4.25. The fraction of sp³-hybridized carbons (Fsp3) is 0.316. The van der Waals surface area contributed by atoms with Crippen LogP contribution in [0.15, 0.2) is 48.5 Å². The van der Waals surface area contributed by atoms with Gasteiger partial charge in [-0.15, -0.1) is 0 Å². The monoisotopic (exact) mass is 328 g/mol. The molecule has 0 atom stereocenters. The first-order valence-electron chi connectivity index (χ1n) is 7.92. The smallest absolute Gasteiger partial charge is 0.237 e. The summed E-state index contributed by atoms with van der Waals surface area (Å²) in [5, 5.41) is 19.2. The topological polar surface area (TPSA) is 86.8 Å². The third kappa shape index (κ3) is 3.36. The first-order valence-corrected chi connectivity index (χ1v) is 7.92. The van der Waals surface area contributed by atoms with Crippen molar-refractivity contribution in [2.45, 2.75) is 18.3 Å². The molecule has 0 radical (unpaired) electrons. The molecule has 0 aliphatic heterocycles. The number of phenolic OH excluding ortho intramolecular Hbond substituents is 2. The maximum Gasteiger partial charge on any atom is 0.237 e. The molecule has 5 heteroatoms. The number of benzene rings is 2. The summed E-state index contributed by atoms with van der Waals surface area (Å²) >= 11 is 0. The Hall–Kier alpha value is -2.53. The molecule has 0 aromatic heterocycles. The lowest BCUT2D eigenvalue weighted by atomic mass is 9.70. The highest BCUT2D eigenvalue weighted by atomic mass is 16.3. The van der Waals surface area contributed by atoms with E-state index < -0.39 is 5.41 Å². The number of nitrogens with zero attached hydrogens (tertiary/aromatic N) is 1. The van der Waals surface area contributed by atoms with Crippen LogP contribution >= 0.6 is 0 Å². The molecule has 2 aromatic carbocycles. The highest BCUT2D eigenvalue weighted by Gasteiger charge is 2.42. The average molecular weight is 328 g/mol. The number of amides is 1. The van der Waals surface area contributed by atoms with E-state index in [2.05, 4.69) is 0 Å². The quantitative estimate of drug-likeness (QED) is 0.759. The molecule has 0 spiro atoms. The van der Waals surface area contributed by atoms with Crippen LogP contribution < -0.4 is 5.73 Å². The molecule has 1 amide bonds. The zero-order chi connectivity index (χ0) is 17.7. The summed E-state index contributed by atoms with van der Waals surface area (Å²) < 4.78 is 0. The molecule has 0 unspecified atom stereocenters. The van der Waals surface area contributed by atoms with E-state index in [0.717, 1.165) is 11.1 Å². The minimum atomic E-state index is -0.912. The van der Waals surface area contributed by atoms with Crippen LogP contribution in [0, 0.1) is 0 Å². The van der Waals surface area contributed by atoms with Gasteiger partial charge in [0, 0.05) is 14.1 Å². The van der Waals surface area contributed by atoms with Crippen molar-refractivity contribution in [3.05, 3.63) is 59.7 Å². The summed E-state index contributed by atoms with van der Waals surface area (Å²) in [6.07, 6.45) is 1.21. The lowest BCUT2D eigenvalue weighted by Crippen LogP contribution is -2.45. The number of phenols is 2. The fourth-order valence-electron chi connectivity index (χ4n) is 3.05. The second-order valence-corrected chi connectivity index (χ2v) is 6.09. The molecule has 0 aliphatic rings. The van der Waals surface area contributed by atoms with Crippen molar-refractivity contribution in [1.29, 1.82) is 0 Å². The molecular weight excluding hydrogens is 304 g/mol. The largest absolute Gasteiger partial charge is 0.508 e. The summed E-state index contributed by atoms with van der Waals surface area (Å²) in [5.41, 5.74) is 6.38. The first-order chi connectivity index (χ1) is 11.4. The van der Waals surface area contributed by atoms with Crippen LogP contribution in [0.4, 0.5) is 0 Å². The van der Waals surface area contributed by atoms with Gasteiger partial charge >= 0.3 is 0 Å². The molecule has 0 bridgehead atoms. The summed E-state index contributed by atoms with van der Waals surface area (Å²) in [6, 6.07) is 13.4. The SMILES string of the molecule is CN(C)C(=O)C(CCCN)(c1ccc(O)cc1)c1ccc(O)cc1. The molecule has 24 heavy (non-hydrogen) atoms. The zero-order valence-electron chi connectivity index (χ0n) is 14.1. The van der Waals surface area contributed by atoms with Crippen molar-refractivity contribution < 1.29 is 15.0 Å². The molecular formula is C19H24N2O3. The molecule has 4 N–H and O–H groups in total. The second kappa shape index (κ2) is 7.36. The highest BCUT2D eigenvalue weighted by Crippen LogP contribution is 2.39. The Balaban J connectivity index is 2.69. The maximum atomic E-state index is 13.2. The number of nitrogens with two attached hydrogens (primary N) is 1. The number of carbonyl (C=O) groups is 1. The third-order valence-electron chi connectivity index (χ3n) is 4.25. The van der Waals surface area contributed by atoms with Gasteiger partial charge in [0.2, 0.25) is 5.91 Å². The number of aromatic hydroxyl groups is 2. The van der Waals surface area contributed by atoms with Crippen LogP contribution in [0.5, 0.6) is 11.5 Å². The van der Waals surface area contributed by atoms with Gasteiger partial charge < -0.3 is 20.8 Å². The van der Waals surface area contributed by atoms with E-state index in [0.29, 0.717) is 19.4 Å². The molecule has 0 fully saturated rings. The van der Waals surface area contributed by atoms with Crippen molar-refractivity contribution in [3.8, 4) is 11.5 Å². The summed E-state index contributed by atoms with van der Waals surface area (Å²) in [6.45, 7) is 0.471. The van der Waals surface area contributed by atoms with Gasteiger partial charge in [-0.05, 0) is 54.8 Å². The lowest BCUT2D eigenvalue weighted by molar-refractivity contribution is -0.133. The van der Waals surface area contributed by atoms with Crippen LogP contribution in [0.2, 0.25) is 0 Å². The van der Waals surface area contributed by atoms with E-state index in [1.54, 1.807) is 67.5 Å². The van der Waals surface area contributed by atoms with E-state index in [-0.39, 0.29) is 17.4 Å². The van der Waals surface area contributed by atoms with E-state index in [4.69, 9.17) is 5.73 Å². The van der Waals surface area contributed by atoms with E-state index in [9.17, 15) is 15.0 Å². The fourth-order valence-corrected chi connectivity index (χ4v) is 3.05. The molecule has 0 aliphatic carbocycles. The van der Waals surface area contributed by atoms with Crippen LogP contribution in [0.3, 0.4) is 0 Å². The van der Waals surface area contributed by atoms with E-state index in [1.165, 1.54) is 0 Å². The van der Waals surface area contributed by atoms with Gasteiger partial charge in [-0.3, -0.25) is 4.79 Å². The molecule has 5 nitrogen and oxygen atoms in total. The standard InChI is InChI=1S/C19H24N2O3/c1-21(2)18(24)19(12-3-13-20,14-4-8-16(22)9-5-14)15-6-10-17(23)11-7-15/h4-11,22-23H,3,12-13,20H2,1-2H3. The lowest BCUT2D eigenvalue weighted by Gasteiger charge is -2.36. The molecule has 2 rings (SSSR count). The van der Waals surface area contributed by atoms with Gasteiger partial charge in [-0.2, -0.15) is 0 Å². The Bertz CT molecular complexity index is 633. The molecule has 0 saturated heterocycles. The minimum Gasteiger partial charge on any atom is -0.508 e. The molecule has 0 heterocycles. The highest BCUT2D eigenvalue weighted by molar-refractivity contribution is 5.92. The summed E-state index contributed by atoms with van der Waals surface area (Å²) in [7, 11) is 3.45. The second-order valence-electron chi connectivity index (χ2n) is 6.09. The van der Waals surface area contributed by atoms with Crippen molar-refractivity contribution in [2.75, 3.05) is 20.6 Å². The Morgan fingerprint density at radius 3 is 1.71 bits per heavy atom. The summed E-state index contributed by atoms with van der Waals surface area (Å²) in [5.74, 6) is 0.233. The Morgan fingerprint density at radius 2 is 1.38 bits per heavy atom. The number of likely N-dealkylation sites (N-methyl/N-ethyl adjacent to an activating group) is 1. The average Bonchev–Trinajstić information content (AvgIpc) is 2.57. The van der Waals surface area contributed by atoms with Crippen LogP contribution in [-0.4, -0.2) is 41.7 Å². The summed E-state index contributed by atoms with van der Waals surface area (Å²) in [4.78, 5) is 14.8. The van der Waals surface area contributed by atoms with Crippen LogP contribution in [-0.2, 0) is 10.2 Å². The number of hydrogen-bond acceptors (Lipinski definition) is 4. The minimum absolute atomic E-state index is 0.0627. The van der Waals surface area contributed by atoms with Gasteiger partial charge in [0.05, 0.1) is 5.41 Å². The van der Waals surface area contributed by atoms with Crippen molar-refractivity contribution >= 4 is 5.91 Å². The molecule has 2 aromatic rings. The van der Waals surface area contributed by atoms with Gasteiger partial charge in [0.25, 0.3) is 0 Å². The van der Waals surface area contributed by atoms with E-state index >= 15 is 0 Å². The maximum absolute atomic E-state index is 13.2. The van der Waals surface area contributed by atoms with Crippen molar-refractivity contribution in [1.82, 2.24) is 4.90 Å². The Labute approximate surface area is 142 Å². The van der Waals surface area contributed by atoms with Gasteiger partial charge in [-0.25, -0.2) is 0 Å². The van der Waals surface area contributed by atoms with E-state index in [1.807, 2.05) is 0 Å². The predicted octanol–water partition coefficient (Wildman–Crippen LogP) is 2.21. The number of hydrogen-bond donors (Lipinski definition) is 3. The van der Waals surface area contributed by atoms with Gasteiger partial charge in [0.15, 0.2) is 0 Å².